The number of ether oxygens (including phenoxy) is 2. The number of rotatable bonds is 7. The van der Waals surface area contributed by atoms with E-state index in [1.807, 2.05) is 32.9 Å². The van der Waals surface area contributed by atoms with Gasteiger partial charge in [0.15, 0.2) is 0 Å². The molecule has 0 bridgehead atoms. The van der Waals surface area contributed by atoms with E-state index in [0.29, 0.717) is 30.5 Å². The second-order valence-electron chi connectivity index (χ2n) is 8.58. The second kappa shape index (κ2) is 10.1. The van der Waals surface area contributed by atoms with Crippen LogP contribution in [0.25, 0.3) is 0 Å². The number of carbonyl (C=O) groups is 1. The fraction of sp³-hybridized carbons (Fsp3) is 0.417. The van der Waals surface area contributed by atoms with Crippen molar-refractivity contribution in [3.8, 4) is 17.6 Å². The highest BCUT2D eigenvalue weighted by Gasteiger charge is 2.22. The van der Waals surface area contributed by atoms with Crippen molar-refractivity contribution in [1.82, 2.24) is 4.90 Å². The van der Waals surface area contributed by atoms with Crippen molar-refractivity contribution < 1.29 is 18.7 Å². The number of hydrogen-bond acceptors (Lipinski definition) is 4. The van der Waals surface area contributed by atoms with E-state index in [4.69, 9.17) is 14.7 Å². The van der Waals surface area contributed by atoms with Gasteiger partial charge >= 0.3 is 6.09 Å². The summed E-state index contributed by atoms with van der Waals surface area (Å²) in [6.45, 7) is 10.8. The van der Waals surface area contributed by atoms with Crippen LogP contribution in [0, 0.1) is 23.1 Å². The lowest BCUT2D eigenvalue weighted by Crippen LogP contribution is -2.37. The Bertz CT molecular complexity index is 896. The first-order chi connectivity index (χ1) is 14.1. The Morgan fingerprint density at radius 2 is 1.77 bits per heavy atom. The van der Waals surface area contributed by atoms with Crippen molar-refractivity contribution in [3.05, 3.63) is 59.4 Å². The third kappa shape index (κ3) is 7.40. The zero-order valence-corrected chi connectivity index (χ0v) is 18.2. The van der Waals surface area contributed by atoms with Gasteiger partial charge in [-0.05, 0) is 62.9 Å². The molecule has 2 aromatic carbocycles. The van der Waals surface area contributed by atoms with E-state index in [1.165, 1.54) is 12.1 Å². The van der Waals surface area contributed by atoms with Gasteiger partial charge in [-0.25, -0.2) is 9.18 Å². The predicted octanol–water partition coefficient (Wildman–Crippen LogP) is 6.27. The van der Waals surface area contributed by atoms with Gasteiger partial charge in [-0.2, -0.15) is 5.26 Å². The van der Waals surface area contributed by atoms with Crippen LogP contribution in [0.1, 0.15) is 52.2 Å². The lowest BCUT2D eigenvalue weighted by atomic mass is 10.1. The summed E-state index contributed by atoms with van der Waals surface area (Å²) in [5, 5.41) is 8.80. The molecular formula is C24H29FN2O3. The Balaban J connectivity index is 2.07. The topological polar surface area (TPSA) is 62.6 Å². The molecule has 6 heteroatoms. The number of amides is 1. The van der Waals surface area contributed by atoms with Crippen LogP contribution in [0.2, 0.25) is 0 Å². The smallest absolute Gasteiger partial charge is 0.410 e. The number of hydrogen-bond donors (Lipinski definition) is 0. The van der Waals surface area contributed by atoms with Crippen LogP contribution in [0.3, 0.4) is 0 Å². The summed E-state index contributed by atoms with van der Waals surface area (Å²) in [6, 6.07) is 13.1. The summed E-state index contributed by atoms with van der Waals surface area (Å²) >= 11 is 0. The Kier molecular flexibility index (Phi) is 7.82. The fourth-order valence-electron chi connectivity index (χ4n) is 2.64. The normalized spacial score (nSPS) is 11.1. The molecule has 0 aliphatic heterocycles. The molecule has 0 aliphatic carbocycles. The van der Waals surface area contributed by atoms with Gasteiger partial charge in [0, 0.05) is 19.2 Å². The summed E-state index contributed by atoms with van der Waals surface area (Å²) in [4.78, 5) is 14.3. The van der Waals surface area contributed by atoms with Crippen LogP contribution >= 0.6 is 0 Å². The van der Waals surface area contributed by atoms with Crippen LogP contribution in [-0.2, 0) is 11.3 Å². The highest BCUT2D eigenvalue weighted by atomic mass is 19.1. The van der Waals surface area contributed by atoms with Crippen molar-refractivity contribution in [2.24, 2.45) is 5.92 Å². The third-order valence-electron chi connectivity index (χ3n) is 4.22. The average molecular weight is 413 g/mol. The molecule has 0 fully saturated rings. The molecule has 2 aromatic rings. The zero-order valence-electron chi connectivity index (χ0n) is 18.2. The van der Waals surface area contributed by atoms with Crippen LogP contribution in [0.15, 0.2) is 42.5 Å². The minimum atomic E-state index is -0.621. The molecule has 0 saturated carbocycles. The summed E-state index contributed by atoms with van der Waals surface area (Å²) in [6.07, 6.45) is 0.543. The Hall–Kier alpha value is -3.07. The lowest BCUT2D eigenvalue weighted by molar-refractivity contribution is 0.0226. The first kappa shape index (κ1) is 23.2. The van der Waals surface area contributed by atoms with E-state index < -0.39 is 11.4 Å². The number of nitriles is 1. The highest BCUT2D eigenvalue weighted by molar-refractivity contribution is 5.68. The largest absolute Gasteiger partial charge is 0.457 e. The van der Waals surface area contributed by atoms with Crippen LogP contribution in [0.4, 0.5) is 9.18 Å². The Morgan fingerprint density at radius 1 is 1.13 bits per heavy atom. The van der Waals surface area contributed by atoms with Gasteiger partial charge in [0.2, 0.25) is 0 Å². The molecule has 2 rings (SSSR count). The van der Waals surface area contributed by atoms with Crippen LogP contribution in [-0.4, -0.2) is 23.1 Å². The molecule has 1 amide bonds. The fourth-order valence-corrected chi connectivity index (χ4v) is 2.64. The number of nitrogens with zero attached hydrogens (tertiary/aromatic N) is 2. The quantitative estimate of drug-likeness (QED) is 0.537. The average Bonchev–Trinajstić information content (AvgIpc) is 2.65. The number of benzene rings is 2. The maximum Gasteiger partial charge on any atom is 0.410 e. The molecule has 0 radical (unpaired) electrons. The van der Waals surface area contributed by atoms with E-state index in [-0.39, 0.29) is 11.7 Å². The second-order valence-corrected chi connectivity index (χ2v) is 8.58. The van der Waals surface area contributed by atoms with Gasteiger partial charge < -0.3 is 14.4 Å². The molecule has 0 N–H and O–H groups in total. The molecule has 0 spiro atoms. The van der Waals surface area contributed by atoms with Crippen molar-refractivity contribution in [1.29, 1.82) is 5.26 Å². The summed E-state index contributed by atoms with van der Waals surface area (Å²) < 4.78 is 24.9. The van der Waals surface area contributed by atoms with Crippen LogP contribution in [0.5, 0.6) is 11.5 Å². The van der Waals surface area contributed by atoms with E-state index >= 15 is 0 Å². The molecule has 30 heavy (non-hydrogen) atoms. The molecule has 0 saturated heterocycles. The van der Waals surface area contributed by atoms with Crippen molar-refractivity contribution in [3.63, 3.8) is 0 Å². The minimum absolute atomic E-state index is 0.0265. The lowest BCUT2D eigenvalue weighted by Gasteiger charge is -2.28. The molecule has 0 atom stereocenters. The standard InChI is InChI=1S/C24H29FN2O3/c1-17(2)12-13-27(23(28)30-24(3,4)5)16-18-6-9-20(10-7-18)29-21-11-8-19(15-26)22(25)14-21/h6-11,14,17H,12-13,16H2,1-5H3. The summed E-state index contributed by atoms with van der Waals surface area (Å²) in [5.74, 6) is 0.698. The third-order valence-corrected chi connectivity index (χ3v) is 4.22. The van der Waals surface area contributed by atoms with E-state index in [2.05, 4.69) is 13.8 Å². The first-order valence-corrected chi connectivity index (χ1v) is 10.0. The van der Waals surface area contributed by atoms with Gasteiger partial charge in [0.05, 0.1) is 5.56 Å². The molecule has 160 valence electrons. The highest BCUT2D eigenvalue weighted by Crippen LogP contribution is 2.24. The van der Waals surface area contributed by atoms with Crippen molar-refractivity contribution >= 4 is 6.09 Å². The SMILES string of the molecule is CC(C)CCN(Cc1ccc(Oc2ccc(C#N)c(F)c2)cc1)C(=O)OC(C)(C)C. The van der Waals surface area contributed by atoms with Gasteiger partial charge in [0.1, 0.15) is 29.0 Å². The van der Waals surface area contributed by atoms with Crippen LogP contribution < -0.4 is 4.74 Å². The van der Waals surface area contributed by atoms with E-state index in [9.17, 15) is 9.18 Å². The number of carbonyl (C=O) groups excluding carboxylic acids is 1. The zero-order chi connectivity index (χ0) is 22.3. The molecule has 0 heterocycles. The van der Waals surface area contributed by atoms with Gasteiger partial charge in [-0.3, -0.25) is 0 Å². The molecule has 0 aromatic heterocycles. The predicted molar refractivity (Wildman–Crippen MR) is 114 cm³/mol. The Morgan fingerprint density at radius 3 is 2.30 bits per heavy atom. The molecule has 0 aliphatic rings. The minimum Gasteiger partial charge on any atom is -0.457 e. The van der Waals surface area contributed by atoms with Crippen molar-refractivity contribution in [2.75, 3.05) is 6.54 Å². The number of halogens is 1. The monoisotopic (exact) mass is 412 g/mol. The molecular weight excluding hydrogens is 383 g/mol. The van der Waals surface area contributed by atoms with Gasteiger partial charge in [0.25, 0.3) is 0 Å². The van der Waals surface area contributed by atoms with Gasteiger partial charge in [-0.1, -0.05) is 26.0 Å². The maximum atomic E-state index is 13.7. The van der Waals surface area contributed by atoms with E-state index in [1.54, 1.807) is 29.2 Å². The summed E-state index contributed by atoms with van der Waals surface area (Å²) in [5.41, 5.74) is 0.352. The Labute approximate surface area is 178 Å². The first-order valence-electron chi connectivity index (χ1n) is 10.0. The van der Waals surface area contributed by atoms with E-state index in [0.717, 1.165) is 12.0 Å². The molecule has 0 unspecified atom stereocenters. The molecule has 5 nitrogen and oxygen atoms in total. The summed E-state index contributed by atoms with van der Waals surface area (Å²) in [7, 11) is 0. The van der Waals surface area contributed by atoms with Crippen molar-refractivity contribution in [2.45, 2.75) is 53.2 Å². The van der Waals surface area contributed by atoms with Gasteiger partial charge in [-0.15, -0.1) is 0 Å². The maximum absolute atomic E-state index is 13.7.